The molecule has 0 unspecified atom stereocenters. The summed E-state index contributed by atoms with van der Waals surface area (Å²) < 4.78 is 66.0. The molecule has 3 aromatic carbocycles. The fourth-order valence-corrected chi connectivity index (χ4v) is 6.07. The highest BCUT2D eigenvalue weighted by Crippen LogP contribution is 2.25. The number of anilines is 1. The van der Waals surface area contributed by atoms with Crippen molar-refractivity contribution in [1.82, 2.24) is 14.5 Å². The van der Waals surface area contributed by atoms with Gasteiger partial charge in [-0.1, -0.05) is 45.0 Å². The van der Waals surface area contributed by atoms with Crippen LogP contribution in [0.3, 0.4) is 0 Å². The molecule has 1 amide bonds. The van der Waals surface area contributed by atoms with Gasteiger partial charge in [0, 0.05) is 37.7 Å². The quantitative estimate of drug-likeness (QED) is 0.159. The summed E-state index contributed by atoms with van der Waals surface area (Å²) >= 11 is 0. The standard InChI is InChI=1S/C36H38F2N4O8S/c1-21(2)50-34(46)29(17-22-7-11-25(12-8-22)42-31(44)15-16-41(6)35(42)47)39-33(45)32-27(37)18-24(19-28(32)38)40-51(48,49)26-13-9-23(10-14-26)30(43)20-36(3,4)5/h7-16,18-19,21,29,40H,17,20H2,1-6H3,(H,39,45)/t29-/m0/s1. The number of amides is 1. The number of Topliss-reactive ketones (excluding diaryl/α,β-unsaturated/α-hetero) is 1. The molecule has 0 fully saturated rings. The number of nitrogens with one attached hydrogen (secondary N) is 2. The molecule has 1 atom stereocenters. The van der Waals surface area contributed by atoms with Gasteiger partial charge in [0.1, 0.15) is 23.2 Å². The van der Waals surface area contributed by atoms with E-state index in [2.05, 4.69) is 10.0 Å². The smallest absolute Gasteiger partial charge is 0.335 e. The summed E-state index contributed by atoms with van der Waals surface area (Å²) in [6.45, 7) is 8.83. The molecule has 1 aromatic heterocycles. The van der Waals surface area contributed by atoms with Crippen molar-refractivity contribution in [3.8, 4) is 5.69 Å². The Morgan fingerprint density at radius 2 is 1.49 bits per heavy atom. The van der Waals surface area contributed by atoms with Gasteiger partial charge in [0.15, 0.2) is 5.78 Å². The summed E-state index contributed by atoms with van der Waals surface area (Å²) in [6.07, 6.45) is 0.784. The maximum Gasteiger partial charge on any atom is 0.335 e. The number of carbonyl (C=O) groups is 3. The number of nitrogens with zero attached hydrogens (tertiary/aromatic N) is 2. The molecular formula is C36H38F2N4O8S. The predicted octanol–water partition coefficient (Wildman–Crippen LogP) is 4.53. The van der Waals surface area contributed by atoms with Crippen molar-refractivity contribution in [1.29, 1.82) is 0 Å². The zero-order valence-electron chi connectivity index (χ0n) is 28.8. The fraction of sp³-hybridized carbons (Fsp3) is 0.306. The van der Waals surface area contributed by atoms with E-state index in [9.17, 15) is 32.4 Å². The van der Waals surface area contributed by atoms with E-state index in [-0.39, 0.29) is 34.6 Å². The van der Waals surface area contributed by atoms with E-state index in [0.29, 0.717) is 23.3 Å². The minimum Gasteiger partial charge on any atom is -0.461 e. The fourth-order valence-electron chi connectivity index (χ4n) is 5.03. The predicted molar refractivity (Wildman–Crippen MR) is 185 cm³/mol. The largest absolute Gasteiger partial charge is 0.461 e. The SMILES string of the molecule is CC(C)OC(=O)[C@H](Cc1ccc(-n2c(=O)ccn(C)c2=O)cc1)NC(=O)c1c(F)cc(NS(=O)(=O)c2ccc(C(=O)CC(C)(C)C)cc2)cc1F. The van der Waals surface area contributed by atoms with Gasteiger partial charge in [-0.3, -0.25) is 19.1 Å². The van der Waals surface area contributed by atoms with Gasteiger partial charge in [-0.25, -0.2) is 31.4 Å². The van der Waals surface area contributed by atoms with Crippen molar-refractivity contribution in [2.45, 2.75) is 64.5 Å². The van der Waals surface area contributed by atoms with Crippen LogP contribution in [0.4, 0.5) is 14.5 Å². The van der Waals surface area contributed by atoms with Crippen LogP contribution in [0.2, 0.25) is 0 Å². The van der Waals surface area contributed by atoms with Crippen molar-refractivity contribution in [3.63, 3.8) is 0 Å². The maximum atomic E-state index is 15.3. The first-order valence-electron chi connectivity index (χ1n) is 15.8. The highest BCUT2D eigenvalue weighted by molar-refractivity contribution is 7.92. The van der Waals surface area contributed by atoms with Crippen LogP contribution in [0, 0.1) is 17.0 Å². The first-order valence-corrected chi connectivity index (χ1v) is 17.3. The Morgan fingerprint density at radius 1 is 0.902 bits per heavy atom. The van der Waals surface area contributed by atoms with Crippen LogP contribution in [0.15, 0.2) is 87.4 Å². The average molecular weight is 725 g/mol. The second-order valence-electron chi connectivity index (χ2n) is 13.4. The van der Waals surface area contributed by atoms with Crippen molar-refractivity contribution >= 4 is 33.4 Å². The molecule has 0 radical (unpaired) electrons. The van der Waals surface area contributed by atoms with Crippen LogP contribution >= 0.6 is 0 Å². The van der Waals surface area contributed by atoms with E-state index >= 15 is 8.78 Å². The molecule has 2 N–H and O–H groups in total. The number of esters is 1. The minimum absolute atomic E-state index is 0.177. The summed E-state index contributed by atoms with van der Waals surface area (Å²) in [7, 11) is -2.87. The van der Waals surface area contributed by atoms with Gasteiger partial charge in [0.2, 0.25) is 0 Å². The van der Waals surface area contributed by atoms with Crippen LogP contribution in [-0.2, 0) is 33.0 Å². The van der Waals surface area contributed by atoms with E-state index in [1.54, 1.807) is 13.8 Å². The van der Waals surface area contributed by atoms with Crippen LogP contribution in [0.1, 0.15) is 67.3 Å². The number of aromatic nitrogens is 2. The molecule has 4 rings (SSSR count). The second-order valence-corrected chi connectivity index (χ2v) is 15.1. The first kappa shape index (κ1) is 38.4. The Labute approximate surface area is 293 Å². The number of ether oxygens (including phenoxy) is 1. The van der Waals surface area contributed by atoms with Gasteiger partial charge in [-0.15, -0.1) is 0 Å². The van der Waals surface area contributed by atoms with Crippen LogP contribution in [0.25, 0.3) is 5.69 Å². The summed E-state index contributed by atoms with van der Waals surface area (Å²) in [5.74, 6) is -5.21. The van der Waals surface area contributed by atoms with Crippen molar-refractivity contribution in [3.05, 3.63) is 122 Å². The van der Waals surface area contributed by atoms with Crippen LogP contribution in [-0.4, -0.2) is 47.4 Å². The molecule has 4 aromatic rings. The Kier molecular flexibility index (Phi) is 11.4. The minimum atomic E-state index is -4.36. The lowest BCUT2D eigenvalue weighted by atomic mass is 9.88. The van der Waals surface area contributed by atoms with E-state index in [4.69, 9.17) is 4.74 Å². The third-order valence-electron chi connectivity index (χ3n) is 7.43. The number of ketones is 1. The Bertz CT molecular complexity index is 2170. The van der Waals surface area contributed by atoms with E-state index in [0.717, 1.165) is 4.57 Å². The van der Waals surface area contributed by atoms with Gasteiger partial charge in [-0.05, 0) is 61.2 Å². The molecule has 0 saturated heterocycles. The molecular weight excluding hydrogens is 686 g/mol. The van der Waals surface area contributed by atoms with Crippen molar-refractivity contribution in [2.24, 2.45) is 12.5 Å². The van der Waals surface area contributed by atoms with Gasteiger partial charge < -0.3 is 14.6 Å². The van der Waals surface area contributed by atoms with Gasteiger partial charge in [0.25, 0.3) is 21.5 Å². The van der Waals surface area contributed by atoms with E-state index < -0.39 is 68.2 Å². The zero-order valence-corrected chi connectivity index (χ0v) is 29.6. The normalized spacial score (nSPS) is 12.3. The second kappa shape index (κ2) is 15.2. The topological polar surface area (TPSA) is 163 Å². The highest BCUT2D eigenvalue weighted by Gasteiger charge is 2.28. The first-order chi connectivity index (χ1) is 23.8. The Balaban J connectivity index is 1.53. The summed E-state index contributed by atoms with van der Waals surface area (Å²) in [4.78, 5) is 63.2. The third kappa shape index (κ3) is 9.63. The monoisotopic (exact) mass is 724 g/mol. The number of halogens is 2. The summed E-state index contributed by atoms with van der Waals surface area (Å²) in [6, 6.07) is 12.1. The number of carbonyl (C=O) groups excluding carboxylic acids is 3. The molecule has 12 nitrogen and oxygen atoms in total. The summed E-state index contributed by atoms with van der Waals surface area (Å²) in [5, 5.41) is 2.29. The van der Waals surface area contributed by atoms with Crippen molar-refractivity contribution in [2.75, 3.05) is 4.72 Å². The number of rotatable bonds is 12. The van der Waals surface area contributed by atoms with Gasteiger partial charge in [0.05, 0.1) is 22.4 Å². The lowest BCUT2D eigenvalue weighted by molar-refractivity contribution is -0.149. The lowest BCUT2D eigenvalue weighted by Crippen LogP contribution is -2.44. The van der Waals surface area contributed by atoms with E-state index in [1.807, 2.05) is 20.8 Å². The molecule has 270 valence electrons. The van der Waals surface area contributed by atoms with Gasteiger partial charge >= 0.3 is 11.7 Å². The Morgan fingerprint density at radius 3 is 2.04 bits per heavy atom. The third-order valence-corrected chi connectivity index (χ3v) is 8.83. The molecule has 15 heteroatoms. The lowest BCUT2D eigenvalue weighted by Gasteiger charge is -2.20. The number of aryl methyl sites for hydroxylation is 1. The molecule has 0 saturated carbocycles. The average Bonchev–Trinajstić information content (AvgIpc) is 3.02. The van der Waals surface area contributed by atoms with Crippen LogP contribution < -0.4 is 21.3 Å². The molecule has 0 aliphatic rings. The number of sulfonamides is 1. The molecule has 0 aliphatic heterocycles. The zero-order chi connectivity index (χ0) is 37.8. The summed E-state index contributed by atoms with van der Waals surface area (Å²) in [5.41, 5.74) is -2.00. The molecule has 1 heterocycles. The van der Waals surface area contributed by atoms with E-state index in [1.165, 1.54) is 72.4 Å². The molecule has 0 bridgehead atoms. The molecule has 0 aliphatic carbocycles. The van der Waals surface area contributed by atoms with Crippen molar-refractivity contribution < 1.29 is 36.3 Å². The molecule has 0 spiro atoms. The number of hydrogen-bond donors (Lipinski definition) is 2. The van der Waals surface area contributed by atoms with Crippen LogP contribution in [0.5, 0.6) is 0 Å². The maximum absolute atomic E-state index is 15.3. The number of benzene rings is 3. The number of hydrogen-bond acceptors (Lipinski definition) is 8. The molecule has 51 heavy (non-hydrogen) atoms. The highest BCUT2D eigenvalue weighted by atomic mass is 32.2. The Hall–Kier alpha value is -5.44. The van der Waals surface area contributed by atoms with Gasteiger partial charge in [-0.2, -0.15) is 0 Å².